The Balaban J connectivity index is 1.77. The van der Waals surface area contributed by atoms with Gasteiger partial charge < -0.3 is 24.4 Å². The number of amides is 3. The SMILES string of the molecule is CCCN(CCC)C(=O)c1cc(NC(=O)C2CC(=O)N(c3ccc(OC)cc3)C2)c(=O)n(C)c1. The molecule has 0 saturated carbocycles. The molecule has 3 rings (SSSR count). The lowest BCUT2D eigenvalue weighted by atomic mass is 10.1. The molecule has 2 heterocycles. The minimum Gasteiger partial charge on any atom is -0.497 e. The monoisotopic (exact) mass is 468 g/mol. The number of hydrogen-bond acceptors (Lipinski definition) is 5. The van der Waals surface area contributed by atoms with E-state index in [2.05, 4.69) is 5.32 Å². The fourth-order valence-corrected chi connectivity index (χ4v) is 4.09. The number of aryl methyl sites for hydroxylation is 1. The number of aromatic nitrogens is 1. The number of rotatable bonds is 9. The lowest BCUT2D eigenvalue weighted by Crippen LogP contribution is -2.34. The van der Waals surface area contributed by atoms with Crippen molar-refractivity contribution in [3.05, 3.63) is 52.4 Å². The molecular formula is C25H32N4O5. The molecule has 1 unspecified atom stereocenters. The lowest BCUT2D eigenvalue weighted by molar-refractivity contribution is -0.122. The van der Waals surface area contributed by atoms with Gasteiger partial charge in [-0.25, -0.2) is 0 Å². The van der Waals surface area contributed by atoms with Gasteiger partial charge in [-0.3, -0.25) is 19.2 Å². The van der Waals surface area contributed by atoms with Crippen LogP contribution in [0.15, 0.2) is 41.3 Å². The summed E-state index contributed by atoms with van der Waals surface area (Å²) < 4.78 is 6.44. The smallest absolute Gasteiger partial charge is 0.274 e. The van der Waals surface area contributed by atoms with E-state index in [0.29, 0.717) is 30.1 Å². The molecule has 0 bridgehead atoms. The maximum atomic E-state index is 13.0. The van der Waals surface area contributed by atoms with Crippen LogP contribution in [0.3, 0.4) is 0 Å². The van der Waals surface area contributed by atoms with E-state index in [0.717, 1.165) is 12.8 Å². The number of nitrogens with one attached hydrogen (secondary N) is 1. The van der Waals surface area contributed by atoms with E-state index in [1.807, 2.05) is 13.8 Å². The topological polar surface area (TPSA) is 101 Å². The van der Waals surface area contributed by atoms with Gasteiger partial charge in [0.2, 0.25) is 11.8 Å². The molecule has 0 radical (unpaired) electrons. The molecule has 1 N–H and O–H groups in total. The highest BCUT2D eigenvalue weighted by Crippen LogP contribution is 2.27. The van der Waals surface area contributed by atoms with Crippen LogP contribution in [0.5, 0.6) is 5.75 Å². The summed E-state index contributed by atoms with van der Waals surface area (Å²) in [7, 11) is 3.11. The Labute approximate surface area is 199 Å². The Morgan fingerprint density at radius 2 is 1.76 bits per heavy atom. The van der Waals surface area contributed by atoms with Crippen molar-refractivity contribution in [2.75, 3.05) is 37.0 Å². The third kappa shape index (κ3) is 5.47. The first-order valence-corrected chi connectivity index (χ1v) is 11.5. The van der Waals surface area contributed by atoms with Crippen LogP contribution in [0.2, 0.25) is 0 Å². The maximum Gasteiger partial charge on any atom is 0.274 e. The molecule has 1 aromatic heterocycles. The molecule has 1 aliphatic heterocycles. The van der Waals surface area contributed by atoms with Gasteiger partial charge in [0.1, 0.15) is 11.4 Å². The van der Waals surface area contributed by atoms with Crippen LogP contribution in [0.4, 0.5) is 11.4 Å². The van der Waals surface area contributed by atoms with Crippen LogP contribution in [0.1, 0.15) is 43.5 Å². The molecule has 1 aromatic carbocycles. The first-order valence-electron chi connectivity index (χ1n) is 11.5. The van der Waals surface area contributed by atoms with Gasteiger partial charge in [-0.2, -0.15) is 0 Å². The van der Waals surface area contributed by atoms with Gasteiger partial charge in [0.25, 0.3) is 11.5 Å². The Kier molecular flexibility index (Phi) is 8.09. The lowest BCUT2D eigenvalue weighted by Gasteiger charge is -2.22. The molecule has 34 heavy (non-hydrogen) atoms. The number of benzene rings is 1. The van der Waals surface area contributed by atoms with Crippen molar-refractivity contribution in [1.82, 2.24) is 9.47 Å². The maximum absolute atomic E-state index is 13.0. The minimum atomic E-state index is -0.615. The molecule has 182 valence electrons. The van der Waals surface area contributed by atoms with E-state index in [4.69, 9.17) is 4.74 Å². The van der Waals surface area contributed by atoms with E-state index in [1.54, 1.807) is 48.2 Å². The molecule has 0 aliphatic carbocycles. The summed E-state index contributed by atoms with van der Waals surface area (Å²) in [4.78, 5) is 54.5. The van der Waals surface area contributed by atoms with Gasteiger partial charge in [0.05, 0.1) is 18.6 Å². The van der Waals surface area contributed by atoms with Crippen molar-refractivity contribution in [3.63, 3.8) is 0 Å². The summed E-state index contributed by atoms with van der Waals surface area (Å²) in [6, 6.07) is 8.46. The molecule has 3 amide bonds. The normalized spacial score (nSPS) is 15.4. The van der Waals surface area contributed by atoms with Crippen molar-refractivity contribution in [2.45, 2.75) is 33.1 Å². The zero-order valence-electron chi connectivity index (χ0n) is 20.2. The average molecular weight is 469 g/mol. The number of carbonyl (C=O) groups excluding carboxylic acids is 3. The molecule has 9 heteroatoms. The molecule has 2 aromatic rings. The number of pyridine rings is 1. The Bertz CT molecular complexity index is 1100. The van der Waals surface area contributed by atoms with Gasteiger partial charge in [0, 0.05) is 45.0 Å². The predicted octanol–water partition coefficient (Wildman–Crippen LogP) is 2.65. The van der Waals surface area contributed by atoms with Crippen molar-refractivity contribution < 1.29 is 19.1 Å². The first kappa shape index (κ1) is 25.0. The Morgan fingerprint density at radius 3 is 2.35 bits per heavy atom. The molecule has 9 nitrogen and oxygen atoms in total. The van der Waals surface area contributed by atoms with Crippen molar-refractivity contribution in [2.24, 2.45) is 13.0 Å². The summed E-state index contributed by atoms with van der Waals surface area (Å²) in [5, 5.41) is 2.66. The summed E-state index contributed by atoms with van der Waals surface area (Å²) in [6.07, 6.45) is 3.17. The second-order valence-corrected chi connectivity index (χ2v) is 8.44. The number of nitrogens with zero attached hydrogens (tertiary/aromatic N) is 3. The zero-order chi connectivity index (χ0) is 24.8. The number of methoxy groups -OCH3 is 1. The average Bonchev–Trinajstić information content (AvgIpc) is 3.23. The third-order valence-electron chi connectivity index (χ3n) is 5.84. The molecule has 0 spiro atoms. The van der Waals surface area contributed by atoms with Crippen LogP contribution < -0.4 is 20.5 Å². The second-order valence-electron chi connectivity index (χ2n) is 8.44. The fraction of sp³-hybridized carbons (Fsp3) is 0.440. The van der Waals surface area contributed by atoms with E-state index < -0.39 is 17.4 Å². The molecule has 1 saturated heterocycles. The highest BCUT2D eigenvalue weighted by molar-refractivity contribution is 6.04. The van der Waals surface area contributed by atoms with Gasteiger partial charge in [-0.05, 0) is 43.2 Å². The van der Waals surface area contributed by atoms with Crippen molar-refractivity contribution in [3.8, 4) is 5.75 Å². The number of anilines is 2. The molecular weight excluding hydrogens is 436 g/mol. The van der Waals surface area contributed by atoms with E-state index in [9.17, 15) is 19.2 Å². The van der Waals surface area contributed by atoms with Crippen molar-refractivity contribution >= 4 is 29.1 Å². The molecule has 1 aliphatic rings. The highest BCUT2D eigenvalue weighted by atomic mass is 16.5. The van der Waals surface area contributed by atoms with Crippen LogP contribution >= 0.6 is 0 Å². The first-order chi connectivity index (χ1) is 16.3. The van der Waals surface area contributed by atoms with Gasteiger partial charge in [-0.15, -0.1) is 0 Å². The summed E-state index contributed by atoms with van der Waals surface area (Å²) in [5.41, 5.74) is 0.624. The van der Waals surface area contributed by atoms with Gasteiger partial charge >= 0.3 is 0 Å². The van der Waals surface area contributed by atoms with Crippen LogP contribution in [0.25, 0.3) is 0 Å². The molecule has 1 atom stereocenters. The Morgan fingerprint density at radius 1 is 1.12 bits per heavy atom. The molecule has 1 fully saturated rings. The number of hydrogen-bond donors (Lipinski definition) is 1. The van der Waals surface area contributed by atoms with Crippen molar-refractivity contribution in [1.29, 1.82) is 0 Å². The van der Waals surface area contributed by atoms with Gasteiger partial charge in [-0.1, -0.05) is 13.8 Å². The zero-order valence-corrected chi connectivity index (χ0v) is 20.2. The van der Waals surface area contributed by atoms with Crippen LogP contribution in [-0.4, -0.2) is 53.9 Å². The second kappa shape index (κ2) is 11.0. The van der Waals surface area contributed by atoms with E-state index in [1.165, 1.54) is 16.8 Å². The largest absolute Gasteiger partial charge is 0.497 e. The Hall–Kier alpha value is -3.62. The predicted molar refractivity (Wildman–Crippen MR) is 130 cm³/mol. The summed E-state index contributed by atoms with van der Waals surface area (Å²) >= 11 is 0. The summed E-state index contributed by atoms with van der Waals surface area (Å²) in [5.74, 6) is -0.722. The van der Waals surface area contributed by atoms with Crippen LogP contribution in [0, 0.1) is 5.92 Å². The fourth-order valence-electron chi connectivity index (χ4n) is 4.09. The minimum absolute atomic E-state index is 0.0293. The van der Waals surface area contributed by atoms with Crippen LogP contribution in [-0.2, 0) is 16.6 Å². The third-order valence-corrected chi connectivity index (χ3v) is 5.84. The summed E-state index contributed by atoms with van der Waals surface area (Å²) in [6.45, 7) is 5.43. The van der Waals surface area contributed by atoms with E-state index >= 15 is 0 Å². The van der Waals surface area contributed by atoms with Gasteiger partial charge in [0.15, 0.2) is 0 Å². The number of carbonyl (C=O) groups is 3. The highest BCUT2D eigenvalue weighted by Gasteiger charge is 2.35. The van der Waals surface area contributed by atoms with E-state index in [-0.39, 0.29) is 30.5 Å². The standard InChI is InChI=1S/C25H32N4O5/c1-5-11-28(12-6-2)24(32)18-13-21(25(33)27(3)15-18)26-23(31)17-14-22(30)29(16-17)19-7-9-20(34-4)10-8-19/h7-10,13,15,17H,5-6,11-12,14,16H2,1-4H3,(H,26,31). The quantitative estimate of drug-likeness (QED) is 0.610. The number of ether oxygens (including phenoxy) is 1.